The van der Waals surface area contributed by atoms with Crippen molar-refractivity contribution in [1.29, 1.82) is 0 Å². The molecule has 4 aromatic rings. The molecule has 9 nitrogen and oxygen atoms in total. The smallest absolute Gasteiger partial charge is 0.389 e. The molecule has 44 heavy (non-hydrogen) atoms. The SMILES string of the molecule is CCCC(N=[N+]=[N-])c1ccc(C)o1.CCCC(O)c1ccc(C)o1.Cc1ccc(C(N)CCC(F)(F)F)o1.Cc1ccco1. The van der Waals surface area contributed by atoms with Crippen molar-refractivity contribution in [1.82, 2.24) is 0 Å². The summed E-state index contributed by atoms with van der Waals surface area (Å²) in [5.74, 6) is 5.19. The standard InChI is InChI=1S/C9H12F3NO.C9H13N3O.C9H14O2.C5H6O/c1-6-2-3-8(14-6)7(13)4-5-9(10,11)12;1-3-4-8(11-12-10)9-6-5-7(2)13-9;1-3-4-8(10)9-6-5-7(2)11-9;1-5-3-2-4-6-5/h2-3,7H,4-5,13H2,1H3;5-6,8H,3-4H2,1-2H3;5-6,8,10H,3-4H2,1-2H3;2-4H,1H3. The number of halogens is 3. The molecule has 0 saturated carbocycles. The molecule has 0 aliphatic heterocycles. The van der Waals surface area contributed by atoms with Crippen molar-refractivity contribution in [3.63, 3.8) is 0 Å². The Morgan fingerprint density at radius 3 is 1.68 bits per heavy atom. The van der Waals surface area contributed by atoms with Crippen LogP contribution in [0.3, 0.4) is 0 Å². The molecule has 0 amide bonds. The second-order valence-electron chi connectivity index (χ2n) is 10.1. The zero-order valence-electron chi connectivity index (χ0n) is 26.3. The van der Waals surface area contributed by atoms with E-state index >= 15 is 0 Å². The van der Waals surface area contributed by atoms with E-state index in [1.807, 2.05) is 64.1 Å². The van der Waals surface area contributed by atoms with E-state index in [2.05, 4.69) is 16.9 Å². The summed E-state index contributed by atoms with van der Waals surface area (Å²) in [5, 5.41) is 13.1. The van der Waals surface area contributed by atoms with Gasteiger partial charge in [-0.05, 0) is 101 Å². The Morgan fingerprint density at radius 1 is 0.795 bits per heavy atom. The molecule has 0 fully saturated rings. The molecule has 0 aliphatic carbocycles. The molecule has 0 bridgehead atoms. The van der Waals surface area contributed by atoms with Crippen molar-refractivity contribution in [3.05, 3.63) is 106 Å². The van der Waals surface area contributed by atoms with E-state index in [4.69, 9.17) is 28.9 Å². The van der Waals surface area contributed by atoms with Crippen molar-refractivity contribution in [2.45, 2.75) is 104 Å². The maximum Gasteiger partial charge on any atom is 0.389 e. The predicted molar refractivity (Wildman–Crippen MR) is 163 cm³/mol. The number of aliphatic hydroxyl groups is 1. The minimum Gasteiger partial charge on any atom is -0.470 e. The molecule has 0 radical (unpaired) electrons. The van der Waals surface area contributed by atoms with E-state index in [1.54, 1.807) is 25.3 Å². The molecule has 0 aromatic carbocycles. The zero-order chi connectivity index (χ0) is 33.1. The summed E-state index contributed by atoms with van der Waals surface area (Å²) < 4.78 is 56.1. The van der Waals surface area contributed by atoms with Gasteiger partial charge in [-0.3, -0.25) is 0 Å². The summed E-state index contributed by atoms with van der Waals surface area (Å²) in [6.07, 6.45) is -0.388. The molecule has 4 aromatic heterocycles. The Labute approximate surface area is 256 Å². The first-order valence-electron chi connectivity index (χ1n) is 14.5. The number of azide groups is 1. The van der Waals surface area contributed by atoms with E-state index in [1.165, 1.54) is 0 Å². The van der Waals surface area contributed by atoms with Crippen molar-refractivity contribution in [2.75, 3.05) is 0 Å². The van der Waals surface area contributed by atoms with Crippen LogP contribution in [0.4, 0.5) is 13.2 Å². The van der Waals surface area contributed by atoms with Gasteiger partial charge in [-0.15, -0.1) is 0 Å². The lowest BCUT2D eigenvalue weighted by Gasteiger charge is -2.10. The number of nitrogens with two attached hydrogens (primary N) is 1. The third-order valence-electron chi connectivity index (χ3n) is 6.02. The molecule has 0 spiro atoms. The highest BCUT2D eigenvalue weighted by Crippen LogP contribution is 2.27. The fourth-order valence-corrected chi connectivity index (χ4v) is 3.75. The van der Waals surface area contributed by atoms with Crippen molar-refractivity contribution in [2.24, 2.45) is 10.8 Å². The van der Waals surface area contributed by atoms with Crippen LogP contribution in [-0.4, -0.2) is 11.3 Å². The molecule has 3 atom stereocenters. The third kappa shape index (κ3) is 16.1. The van der Waals surface area contributed by atoms with E-state index < -0.39 is 24.7 Å². The van der Waals surface area contributed by atoms with Gasteiger partial charge in [0.05, 0.1) is 18.3 Å². The van der Waals surface area contributed by atoms with Crippen LogP contribution < -0.4 is 5.73 Å². The van der Waals surface area contributed by atoms with Crippen molar-refractivity contribution < 1.29 is 35.9 Å². The van der Waals surface area contributed by atoms with Gasteiger partial charge in [-0.1, -0.05) is 31.8 Å². The molecule has 244 valence electrons. The number of furan rings is 4. The van der Waals surface area contributed by atoms with Crippen LogP contribution >= 0.6 is 0 Å². The first-order valence-corrected chi connectivity index (χ1v) is 14.5. The number of nitrogens with zero attached hydrogens (tertiary/aromatic N) is 3. The van der Waals surface area contributed by atoms with Gasteiger partial charge in [-0.25, -0.2) is 0 Å². The Hall–Kier alpha value is -3.86. The van der Waals surface area contributed by atoms with Gasteiger partial charge in [0.15, 0.2) is 0 Å². The normalized spacial score (nSPS) is 12.7. The molecular formula is C32H45F3N4O5. The molecule has 3 unspecified atom stereocenters. The van der Waals surface area contributed by atoms with Gasteiger partial charge >= 0.3 is 6.18 Å². The Balaban J connectivity index is 0.000000303. The van der Waals surface area contributed by atoms with Crippen LogP contribution in [0.1, 0.15) is 111 Å². The zero-order valence-corrected chi connectivity index (χ0v) is 26.3. The summed E-state index contributed by atoms with van der Waals surface area (Å²) in [7, 11) is 0. The first-order chi connectivity index (χ1) is 20.8. The van der Waals surface area contributed by atoms with Crippen LogP contribution in [0.2, 0.25) is 0 Å². The number of hydrogen-bond donors (Lipinski definition) is 2. The number of rotatable bonds is 10. The Bertz CT molecular complexity index is 1340. The van der Waals surface area contributed by atoms with Crippen LogP contribution in [0.15, 0.2) is 77.6 Å². The largest absolute Gasteiger partial charge is 0.470 e. The molecule has 12 heteroatoms. The maximum absolute atomic E-state index is 11.9. The topological polar surface area (TPSA) is 148 Å². The first kappa shape index (κ1) is 38.2. The van der Waals surface area contributed by atoms with E-state index in [0.29, 0.717) is 17.3 Å². The van der Waals surface area contributed by atoms with E-state index in [-0.39, 0.29) is 12.5 Å². The van der Waals surface area contributed by atoms with E-state index in [9.17, 15) is 18.3 Å². The monoisotopic (exact) mass is 622 g/mol. The summed E-state index contributed by atoms with van der Waals surface area (Å²) in [6.45, 7) is 11.5. The lowest BCUT2D eigenvalue weighted by Crippen LogP contribution is -2.15. The predicted octanol–water partition coefficient (Wildman–Crippen LogP) is 10.7. The summed E-state index contributed by atoms with van der Waals surface area (Å²) >= 11 is 0. The lowest BCUT2D eigenvalue weighted by atomic mass is 10.1. The highest BCUT2D eigenvalue weighted by molar-refractivity contribution is 5.10. The van der Waals surface area contributed by atoms with Gasteiger partial charge in [0.2, 0.25) is 0 Å². The molecular weight excluding hydrogens is 577 g/mol. The summed E-state index contributed by atoms with van der Waals surface area (Å²) in [4.78, 5) is 2.81. The number of alkyl halides is 3. The Morgan fingerprint density at radius 2 is 1.32 bits per heavy atom. The fraction of sp³-hybridized carbons (Fsp3) is 0.500. The third-order valence-corrected chi connectivity index (χ3v) is 6.02. The average Bonchev–Trinajstić information content (AvgIpc) is 3.78. The second-order valence-corrected chi connectivity index (χ2v) is 10.1. The summed E-state index contributed by atoms with van der Waals surface area (Å²) in [5.41, 5.74) is 13.9. The highest BCUT2D eigenvalue weighted by atomic mass is 19.4. The highest BCUT2D eigenvalue weighted by Gasteiger charge is 2.28. The van der Waals surface area contributed by atoms with Crippen molar-refractivity contribution in [3.8, 4) is 0 Å². The minimum absolute atomic E-state index is 0.142. The Kier molecular flexibility index (Phi) is 17.5. The van der Waals surface area contributed by atoms with Gasteiger partial charge in [-0.2, -0.15) is 13.2 Å². The number of aryl methyl sites for hydroxylation is 4. The second kappa shape index (κ2) is 20.2. The van der Waals surface area contributed by atoms with Crippen LogP contribution in [0.5, 0.6) is 0 Å². The molecule has 4 rings (SSSR count). The maximum atomic E-state index is 11.9. The number of aliphatic hydroxyl groups excluding tert-OH is 1. The fourth-order valence-electron chi connectivity index (χ4n) is 3.75. The molecule has 0 aliphatic rings. The van der Waals surface area contributed by atoms with Gasteiger partial charge in [0.25, 0.3) is 0 Å². The summed E-state index contributed by atoms with van der Waals surface area (Å²) in [6, 6.07) is 13.7. The minimum atomic E-state index is -4.15. The van der Waals surface area contributed by atoms with Crippen LogP contribution in [0.25, 0.3) is 10.4 Å². The van der Waals surface area contributed by atoms with Gasteiger partial charge < -0.3 is 28.5 Å². The lowest BCUT2D eigenvalue weighted by molar-refractivity contribution is -0.136. The van der Waals surface area contributed by atoms with Crippen molar-refractivity contribution >= 4 is 0 Å². The molecule has 3 N–H and O–H groups in total. The quantitative estimate of drug-likeness (QED) is 0.102. The number of hydrogen-bond acceptors (Lipinski definition) is 7. The van der Waals surface area contributed by atoms with Gasteiger partial charge in [0.1, 0.15) is 46.4 Å². The van der Waals surface area contributed by atoms with Crippen LogP contribution in [-0.2, 0) is 0 Å². The van der Waals surface area contributed by atoms with E-state index in [0.717, 1.165) is 48.7 Å². The average molecular weight is 623 g/mol. The molecule has 0 saturated heterocycles. The van der Waals surface area contributed by atoms with Gasteiger partial charge in [0, 0.05) is 11.3 Å². The van der Waals surface area contributed by atoms with Crippen LogP contribution in [0, 0.1) is 27.7 Å². The molecule has 4 heterocycles.